The lowest BCUT2D eigenvalue weighted by Gasteiger charge is -2.24. The largest absolute Gasteiger partial charge is 0.395 e. The van der Waals surface area contributed by atoms with Crippen molar-refractivity contribution in [3.63, 3.8) is 0 Å². The van der Waals surface area contributed by atoms with Crippen LogP contribution in [0.1, 0.15) is 17.7 Å². The summed E-state index contributed by atoms with van der Waals surface area (Å²) in [6, 6.07) is 2.59. The van der Waals surface area contributed by atoms with E-state index < -0.39 is 0 Å². The Morgan fingerprint density at radius 1 is 1.59 bits per heavy atom. The van der Waals surface area contributed by atoms with Crippen molar-refractivity contribution in [2.75, 3.05) is 26.2 Å². The number of aliphatic hydroxyl groups is 1. The Morgan fingerprint density at radius 2 is 2.47 bits per heavy atom. The quantitative estimate of drug-likeness (QED) is 0.832. The van der Waals surface area contributed by atoms with Crippen LogP contribution in [-0.2, 0) is 6.54 Å². The molecule has 0 spiro atoms. The Labute approximate surface area is 111 Å². The van der Waals surface area contributed by atoms with E-state index in [-0.39, 0.29) is 6.61 Å². The Hall–Kier alpha value is -0.130. The van der Waals surface area contributed by atoms with Gasteiger partial charge in [-0.15, -0.1) is 11.3 Å². The van der Waals surface area contributed by atoms with E-state index in [9.17, 15) is 0 Å². The van der Waals surface area contributed by atoms with E-state index in [2.05, 4.69) is 10.2 Å². The maximum Gasteiger partial charge on any atom is 0.0558 e. The zero-order valence-electron chi connectivity index (χ0n) is 9.86. The predicted molar refractivity (Wildman–Crippen MR) is 72.7 cm³/mol. The molecule has 0 aliphatic carbocycles. The van der Waals surface area contributed by atoms with E-state index in [0.717, 1.165) is 31.2 Å². The minimum absolute atomic E-state index is 0.214. The Bertz CT molecular complexity index is 339. The van der Waals surface area contributed by atoms with Crippen LogP contribution in [0.3, 0.4) is 0 Å². The van der Waals surface area contributed by atoms with Gasteiger partial charge in [0.25, 0.3) is 0 Å². The molecule has 0 saturated carbocycles. The summed E-state index contributed by atoms with van der Waals surface area (Å²) in [7, 11) is 0. The van der Waals surface area contributed by atoms with Crippen molar-refractivity contribution in [2.45, 2.75) is 25.4 Å². The molecule has 0 bridgehead atoms. The first-order valence-corrected chi connectivity index (χ1v) is 7.33. The average Bonchev–Trinajstić information content (AvgIpc) is 2.91. The molecule has 17 heavy (non-hydrogen) atoms. The van der Waals surface area contributed by atoms with Gasteiger partial charge < -0.3 is 10.4 Å². The highest BCUT2D eigenvalue weighted by molar-refractivity contribution is 7.10. The van der Waals surface area contributed by atoms with Gasteiger partial charge in [-0.1, -0.05) is 11.6 Å². The lowest BCUT2D eigenvalue weighted by Crippen LogP contribution is -2.38. The number of hydrogen-bond acceptors (Lipinski definition) is 4. The van der Waals surface area contributed by atoms with Crippen LogP contribution in [0.5, 0.6) is 0 Å². The van der Waals surface area contributed by atoms with Crippen LogP contribution in [0, 0.1) is 0 Å². The van der Waals surface area contributed by atoms with Crippen LogP contribution < -0.4 is 5.32 Å². The molecule has 2 heterocycles. The fourth-order valence-electron chi connectivity index (χ4n) is 2.26. The minimum Gasteiger partial charge on any atom is -0.395 e. The van der Waals surface area contributed by atoms with Gasteiger partial charge in [-0.25, -0.2) is 0 Å². The lowest BCUT2D eigenvalue weighted by atomic mass is 10.2. The van der Waals surface area contributed by atoms with Crippen molar-refractivity contribution in [3.05, 3.63) is 21.3 Å². The molecule has 1 fully saturated rings. The van der Waals surface area contributed by atoms with E-state index in [4.69, 9.17) is 16.7 Å². The van der Waals surface area contributed by atoms with Crippen LogP contribution >= 0.6 is 22.9 Å². The molecule has 96 valence electrons. The number of rotatable bonds is 6. The van der Waals surface area contributed by atoms with Crippen LogP contribution in [0.15, 0.2) is 11.4 Å². The molecule has 0 aromatic carbocycles. The minimum atomic E-state index is 0.214. The highest BCUT2D eigenvalue weighted by Crippen LogP contribution is 2.21. The molecular weight excluding hydrogens is 256 g/mol. The molecule has 1 aliphatic heterocycles. The number of nitrogens with one attached hydrogen (secondary N) is 1. The summed E-state index contributed by atoms with van der Waals surface area (Å²) >= 11 is 7.61. The van der Waals surface area contributed by atoms with Crippen LogP contribution in [0.4, 0.5) is 0 Å². The first kappa shape index (κ1) is 13.3. The number of nitrogens with zero attached hydrogens (tertiary/aromatic N) is 1. The lowest BCUT2D eigenvalue weighted by molar-refractivity contribution is 0.180. The van der Waals surface area contributed by atoms with E-state index in [1.807, 2.05) is 11.4 Å². The zero-order valence-corrected chi connectivity index (χ0v) is 11.4. The second-order valence-electron chi connectivity index (χ2n) is 4.48. The maximum atomic E-state index is 9.11. The van der Waals surface area contributed by atoms with E-state index in [1.54, 1.807) is 11.3 Å². The molecule has 0 radical (unpaired) electrons. The summed E-state index contributed by atoms with van der Waals surface area (Å²) in [6.07, 6.45) is 2.51. The number of aliphatic hydroxyl groups excluding tert-OH is 1. The topological polar surface area (TPSA) is 35.5 Å². The molecule has 0 amide bonds. The monoisotopic (exact) mass is 274 g/mol. The molecular formula is C12H19ClN2OS. The van der Waals surface area contributed by atoms with Gasteiger partial charge in [0, 0.05) is 35.9 Å². The number of hydrogen-bond donors (Lipinski definition) is 2. The molecule has 1 atom stereocenters. The third kappa shape index (κ3) is 4.23. The van der Waals surface area contributed by atoms with E-state index >= 15 is 0 Å². The first-order chi connectivity index (χ1) is 8.28. The summed E-state index contributed by atoms with van der Waals surface area (Å²) in [6.45, 7) is 3.97. The molecule has 2 rings (SSSR count). The third-order valence-corrected chi connectivity index (χ3v) is 4.33. The predicted octanol–water partition coefficient (Wildman–Crippen LogP) is 1.95. The van der Waals surface area contributed by atoms with Gasteiger partial charge in [0.05, 0.1) is 11.6 Å². The van der Waals surface area contributed by atoms with Crippen molar-refractivity contribution in [2.24, 2.45) is 0 Å². The Morgan fingerprint density at radius 3 is 3.06 bits per heavy atom. The van der Waals surface area contributed by atoms with Gasteiger partial charge in [0.1, 0.15) is 0 Å². The molecule has 1 saturated heterocycles. The van der Waals surface area contributed by atoms with Crippen molar-refractivity contribution in [1.82, 2.24) is 10.2 Å². The highest BCUT2D eigenvalue weighted by atomic mass is 35.5. The normalized spacial score (nSPS) is 20.3. The van der Waals surface area contributed by atoms with Gasteiger partial charge >= 0.3 is 0 Å². The van der Waals surface area contributed by atoms with Crippen LogP contribution in [0.2, 0.25) is 5.02 Å². The SMILES string of the molecule is OCCN(Cc1cc(Cl)cs1)CC1CCCN1. The van der Waals surface area contributed by atoms with E-state index in [0.29, 0.717) is 6.04 Å². The molecule has 2 N–H and O–H groups in total. The van der Waals surface area contributed by atoms with Crippen molar-refractivity contribution in [3.8, 4) is 0 Å². The van der Waals surface area contributed by atoms with Crippen molar-refractivity contribution in [1.29, 1.82) is 0 Å². The fourth-order valence-corrected chi connectivity index (χ4v) is 3.37. The van der Waals surface area contributed by atoms with Crippen LogP contribution in [-0.4, -0.2) is 42.3 Å². The second kappa shape index (κ2) is 6.71. The van der Waals surface area contributed by atoms with Gasteiger partial charge in [-0.3, -0.25) is 4.90 Å². The van der Waals surface area contributed by atoms with Crippen molar-refractivity contribution < 1.29 is 5.11 Å². The second-order valence-corrected chi connectivity index (χ2v) is 5.92. The zero-order chi connectivity index (χ0) is 12.1. The average molecular weight is 275 g/mol. The van der Waals surface area contributed by atoms with Gasteiger partial charge in [0.2, 0.25) is 0 Å². The Balaban J connectivity index is 1.87. The van der Waals surface area contributed by atoms with Crippen molar-refractivity contribution >= 4 is 22.9 Å². The first-order valence-electron chi connectivity index (χ1n) is 6.07. The Kier molecular flexibility index (Phi) is 5.25. The standard InChI is InChI=1S/C12H19ClN2OS/c13-10-6-12(17-9-10)8-15(4-5-16)7-11-2-1-3-14-11/h6,9,11,14,16H,1-5,7-8H2. The van der Waals surface area contributed by atoms with Gasteiger partial charge in [0.15, 0.2) is 0 Å². The summed E-state index contributed by atoms with van der Waals surface area (Å²) in [5.74, 6) is 0. The van der Waals surface area contributed by atoms with Gasteiger partial charge in [-0.2, -0.15) is 0 Å². The third-order valence-electron chi connectivity index (χ3n) is 3.06. The fraction of sp³-hybridized carbons (Fsp3) is 0.667. The molecule has 1 aromatic heterocycles. The smallest absolute Gasteiger partial charge is 0.0558 e. The molecule has 1 aliphatic rings. The molecule has 3 nitrogen and oxygen atoms in total. The maximum absolute atomic E-state index is 9.11. The molecule has 1 unspecified atom stereocenters. The van der Waals surface area contributed by atoms with Gasteiger partial charge in [-0.05, 0) is 25.5 Å². The van der Waals surface area contributed by atoms with Crippen LogP contribution in [0.25, 0.3) is 0 Å². The summed E-state index contributed by atoms with van der Waals surface area (Å²) in [5.41, 5.74) is 0. The number of halogens is 1. The summed E-state index contributed by atoms with van der Waals surface area (Å²) in [5, 5.41) is 15.4. The van der Waals surface area contributed by atoms with E-state index in [1.165, 1.54) is 17.7 Å². The highest BCUT2D eigenvalue weighted by Gasteiger charge is 2.18. The number of thiophene rings is 1. The molecule has 1 aromatic rings. The summed E-state index contributed by atoms with van der Waals surface area (Å²) in [4.78, 5) is 3.56. The summed E-state index contributed by atoms with van der Waals surface area (Å²) < 4.78 is 0. The molecule has 5 heteroatoms.